The number of halogens is 3. The zero-order valence-corrected chi connectivity index (χ0v) is 8.05. The predicted molar refractivity (Wildman–Crippen MR) is 54.9 cm³/mol. The van der Waals surface area contributed by atoms with E-state index in [0.29, 0.717) is 11.2 Å². The van der Waals surface area contributed by atoms with Gasteiger partial charge in [0.1, 0.15) is 5.82 Å². The number of nitrogen functional groups attached to an aromatic ring is 1. The van der Waals surface area contributed by atoms with Gasteiger partial charge in [0.2, 0.25) is 0 Å². The molecular weight excluding hydrogens is 214 g/mol. The van der Waals surface area contributed by atoms with E-state index in [9.17, 15) is 4.39 Å². The first-order chi connectivity index (χ1) is 5.68. The highest BCUT2D eigenvalue weighted by molar-refractivity contribution is 6.31. The summed E-state index contributed by atoms with van der Waals surface area (Å²) in [5, 5.41) is 0.843. The van der Waals surface area contributed by atoms with Gasteiger partial charge in [0, 0.05) is 11.6 Å². The fraction of sp³-hybridized carbons (Fsp3) is 0. The van der Waals surface area contributed by atoms with Crippen LogP contribution in [0.1, 0.15) is 0 Å². The van der Waals surface area contributed by atoms with E-state index in [0.717, 1.165) is 5.39 Å². The molecule has 0 aliphatic rings. The van der Waals surface area contributed by atoms with Crippen molar-refractivity contribution in [3.63, 3.8) is 0 Å². The molecule has 0 bridgehead atoms. The van der Waals surface area contributed by atoms with E-state index in [4.69, 9.17) is 17.3 Å². The summed E-state index contributed by atoms with van der Waals surface area (Å²) >= 11 is 5.57. The van der Waals surface area contributed by atoms with Crippen LogP contribution in [0, 0.1) is 5.82 Å². The molecule has 0 aliphatic carbocycles. The molecule has 2 aromatic rings. The molecule has 0 aliphatic heterocycles. The van der Waals surface area contributed by atoms with E-state index < -0.39 is 5.82 Å². The van der Waals surface area contributed by atoms with Gasteiger partial charge >= 0.3 is 0 Å². The zero-order chi connectivity index (χ0) is 8.72. The van der Waals surface area contributed by atoms with Gasteiger partial charge < -0.3 is 10.7 Å². The SMILES string of the molecule is Cl.Nc1c[nH]c2cc(F)c(Cl)cc12. The highest BCUT2D eigenvalue weighted by Gasteiger charge is 2.05. The Balaban J connectivity index is 0.000000845. The number of nitrogens with one attached hydrogen (secondary N) is 1. The second-order valence-corrected chi connectivity index (χ2v) is 2.96. The first kappa shape index (κ1) is 10.2. The number of aromatic nitrogens is 1. The van der Waals surface area contributed by atoms with Crippen LogP contribution in [0.15, 0.2) is 18.3 Å². The van der Waals surface area contributed by atoms with Crippen LogP contribution in [0.25, 0.3) is 10.9 Å². The fourth-order valence-corrected chi connectivity index (χ4v) is 1.30. The van der Waals surface area contributed by atoms with E-state index in [1.54, 1.807) is 6.20 Å². The minimum Gasteiger partial charge on any atom is -0.397 e. The van der Waals surface area contributed by atoms with Crippen LogP contribution in [0.5, 0.6) is 0 Å². The molecule has 1 heterocycles. The van der Waals surface area contributed by atoms with Crippen LogP contribution in [0.2, 0.25) is 5.02 Å². The van der Waals surface area contributed by atoms with Gasteiger partial charge in [-0.15, -0.1) is 12.4 Å². The van der Waals surface area contributed by atoms with Crippen LogP contribution in [-0.4, -0.2) is 4.98 Å². The Labute approximate surface area is 85.3 Å². The minimum atomic E-state index is -0.439. The van der Waals surface area contributed by atoms with Gasteiger partial charge in [-0.05, 0) is 12.1 Å². The maximum absolute atomic E-state index is 12.9. The quantitative estimate of drug-likeness (QED) is 0.705. The number of anilines is 1. The van der Waals surface area contributed by atoms with Gasteiger partial charge in [0.25, 0.3) is 0 Å². The highest BCUT2D eigenvalue weighted by Crippen LogP contribution is 2.26. The standard InChI is InChI=1S/C8H6ClFN2.ClH/c9-5-1-4-7(11)3-12-8(4)2-6(5)10;/h1-3,12H,11H2;1H. The first-order valence-electron chi connectivity index (χ1n) is 3.40. The number of nitrogens with two attached hydrogens (primary N) is 1. The second kappa shape index (κ2) is 3.44. The lowest BCUT2D eigenvalue weighted by Crippen LogP contribution is -1.81. The number of benzene rings is 1. The van der Waals surface area contributed by atoms with E-state index in [2.05, 4.69) is 4.98 Å². The molecule has 5 heteroatoms. The molecule has 0 fully saturated rings. The van der Waals surface area contributed by atoms with Crippen molar-refractivity contribution in [1.29, 1.82) is 0 Å². The number of fused-ring (bicyclic) bond motifs is 1. The lowest BCUT2D eigenvalue weighted by molar-refractivity contribution is 0.630. The molecule has 1 aromatic carbocycles. The second-order valence-electron chi connectivity index (χ2n) is 2.56. The van der Waals surface area contributed by atoms with Gasteiger partial charge in [0.15, 0.2) is 0 Å². The Morgan fingerprint density at radius 1 is 1.38 bits per heavy atom. The summed E-state index contributed by atoms with van der Waals surface area (Å²) < 4.78 is 12.9. The molecule has 0 saturated heterocycles. The van der Waals surface area contributed by atoms with Gasteiger partial charge in [-0.1, -0.05) is 11.6 Å². The van der Waals surface area contributed by atoms with Crippen LogP contribution in [0.3, 0.4) is 0 Å². The maximum atomic E-state index is 12.9. The molecule has 3 N–H and O–H groups in total. The number of aromatic amines is 1. The fourth-order valence-electron chi connectivity index (χ4n) is 1.14. The van der Waals surface area contributed by atoms with Crippen molar-refractivity contribution in [2.45, 2.75) is 0 Å². The molecule has 2 nitrogen and oxygen atoms in total. The van der Waals surface area contributed by atoms with E-state index >= 15 is 0 Å². The van der Waals surface area contributed by atoms with E-state index in [-0.39, 0.29) is 17.4 Å². The number of hydrogen-bond acceptors (Lipinski definition) is 1. The Morgan fingerprint density at radius 2 is 2.08 bits per heavy atom. The summed E-state index contributed by atoms with van der Waals surface area (Å²) in [6.07, 6.45) is 1.61. The third-order valence-electron chi connectivity index (χ3n) is 1.75. The predicted octanol–water partition coefficient (Wildman–Crippen LogP) is 2.96. The van der Waals surface area contributed by atoms with Crippen LogP contribution >= 0.6 is 24.0 Å². The summed E-state index contributed by atoms with van der Waals surface area (Å²) in [6, 6.07) is 2.84. The number of H-pyrrole nitrogens is 1. The van der Waals surface area contributed by atoms with Gasteiger partial charge in [-0.25, -0.2) is 4.39 Å². The van der Waals surface area contributed by atoms with Crippen molar-refractivity contribution in [3.8, 4) is 0 Å². The number of rotatable bonds is 0. The lowest BCUT2D eigenvalue weighted by atomic mass is 10.2. The zero-order valence-electron chi connectivity index (χ0n) is 6.47. The van der Waals surface area contributed by atoms with Crippen LogP contribution in [-0.2, 0) is 0 Å². The van der Waals surface area contributed by atoms with Crippen molar-refractivity contribution in [2.24, 2.45) is 0 Å². The average Bonchev–Trinajstić information content (AvgIpc) is 2.35. The smallest absolute Gasteiger partial charge is 0.143 e. The summed E-state index contributed by atoms with van der Waals surface area (Å²) in [5.74, 6) is -0.439. The summed E-state index contributed by atoms with van der Waals surface area (Å²) in [4.78, 5) is 2.83. The van der Waals surface area contributed by atoms with Crippen molar-refractivity contribution in [3.05, 3.63) is 29.2 Å². The summed E-state index contributed by atoms with van der Waals surface area (Å²) in [7, 11) is 0. The molecular formula is C8H7Cl2FN2. The topological polar surface area (TPSA) is 41.8 Å². The minimum absolute atomic E-state index is 0. The lowest BCUT2D eigenvalue weighted by Gasteiger charge is -1.94. The van der Waals surface area contributed by atoms with Gasteiger partial charge in [-0.2, -0.15) is 0 Å². The van der Waals surface area contributed by atoms with Crippen molar-refractivity contribution >= 4 is 40.6 Å². The van der Waals surface area contributed by atoms with Gasteiger partial charge in [0.05, 0.1) is 16.2 Å². The first-order valence-corrected chi connectivity index (χ1v) is 3.78. The molecule has 0 amide bonds. The molecule has 0 atom stereocenters. The molecule has 70 valence electrons. The third kappa shape index (κ3) is 1.57. The Kier molecular flexibility index (Phi) is 2.68. The molecule has 0 unspecified atom stereocenters. The normalized spacial score (nSPS) is 10.0. The molecule has 2 rings (SSSR count). The van der Waals surface area contributed by atoms with Gasteiger partial charge in [-0.3, -0.25) is 0 Å². The molecule has 0 spiro atoms. The van der Waals surface area contributed by atoms with E-state index in [1.165, 1.54) is 12.1 Å². The highest BCUT2D eigenvalue weighted by atomic mass is 35.5. The molecule has 0 radical (unpaired) electrons. The maximum Gasteiger partial charge on any atom is 0.143 e. The Morgan fingerprint density at radius 3 is 2.77 bits per heavy atom. The largest absolute Gasteiger partial charge is 0.397 e. The number of hydrogen-bond donors (Lipinski definition) is 2. The summed E-state index contributed by atoms with van der Waals surface area (Å²) in [5.41, 5.74) is 6.82. The Bertz CT molecular complexity index is 439. The third-order valence-corrected chi connectivity index (χ3v) is 2.04. The van der Waals surface area contributed by atoms with Crippen LogP contribution in [0.4, 0.5) is 10.1 Å². The Hall–Kier alpha value is -0.930. The van der Waals surface area contributed by atoms with Crippen molar-refractivity contribution in [2.75, 3.05) is 5.73 Å². The average molecular weight is 221 g/mol. The van der Waals surface area contributed by atoms with E-state index in [1.807, 2.05) is 0 Å². The van der Waals surface area contributed by atoms with Crippen molar-refractivity contribution < 1.29 is 4.39 Å². The molecule has 0 saturated carbocycles. The van der Waals surface area contributed by atoms with Crippen LogP contribution < -0.4 is 5.73 Å². The summed E-state index contributed by atoms with van der Waals surface area (Å²) in [6.45, 7) is 0. The molecule has 1 aromatic heterocycles. The molecule has 13 heavy (non-hydrogen) atoms. The van der Waals surface area contributed by atoms with Crippen molar-refractivity contribution in [1.82, 2.24) is 4.98 Å². The monoisotopic (exact) mass is 220 g/mol.